The Balaban J connectivity index is 1.35. The highest BCUT2D eigenvalue weighted by molar-refractivity contribution is 7.99. The van der Waals surface area contributed by atoms with Gasteiger partial charge in [-0.05, 0) is 30.4 Å². The van der Waals surface area contributed by atoms with E-state index >= 15 is 0 Å². The van der Waals surface area contributed by atoms with E-state index in [1.165, 1.54) is 4.90 Å². The number of esters is 1. The number of thioether (sulfide) groups is 1. The summed E-state index contributed by atoms with van der Waals surface area (Å²) in [7, 11) is 0. The Kier molecular flexibility index (Phi) is 6.27. The molecule has 0 bridgehead atoms. The number of aromatic nitrogens is 2. The van der Waals surface area contributed by atoms with Crippen molar-refractivity contribution in [2.75, 3.05) is 18.9 Å². The third kappa shape index (κ3) is 4.86. The highest BCUT2D eigenvalue weighted by atomic mass is 32.2. The van der Waals surface area contributed by atoms with Gasteiger partial charge in [-0.25, -0.2) is 4.79 Å². The summed E-state index contributed by atoms with van der Waals surface area (Å²) in [6.45, 7) is 0.230. The second kappa shape index (κ2) is 9.05. The van der Waals surface area contributed by atoms with Crippen molar-refractivity contribution in [2.24, 2.45) is 0 Å². The van der Waals surface area contributed by atoms with Gasteiger partial charge in [0.05, 0.1) is 5.52 Å². The second-order valence-corrected chi connectivity index (χ2v) is 6.73. The van der Waals surface area contributed by atoms with Crippen molar-refractivity contribution in [2.45, 2.75) is 11.3 Å². The van der Waals surface area contributed by atoms with E-state index in [1.54, 1.807) is 17.8 Å². The molecule has 6 nitrogen and oxygen atoms in total. The maximum absolute atomic E-state index is 12.1. The summed E-state index contributed by atoms with van der Waals surface area (Å²) in [4.78, 5) is 25.1. The highest BCUT2D eigenvalue weighted by Crippen LogP contribution is 2.17. The molecular formula is C19H19N3O3S. The average Bonchev–Trinajstić information content (AvgIpc) is 3.11. The molecular weight excluding hydrogens is 350 g/mol. The predicted molar refractivity (Wildman–Crippen MR) is 101 cm³/mol. The van der Waals surface area contributed by atoms with Crippen LogP contribution in [-0.4, -0.2) is 41.0 Å². The minimum atomic E-state index is -0.614. The van der Waals surface area contributed by atoms with Gasteiger partial charge in [-0.3, -0.25) is 9.89 Å². The van der Waals surface area contributed by atoms with Crippen molar-refractivity contribution in [3.8, 4) is 0 Å². The fourth-order valence-electron chi connectivity index (χ4n) is 2.38. The van der Waals surface area contributed by atoms with Crippen LogP contribution in [0.25, 0.3) is 10.9 Å². The third-order valence-corrected chi connectivity index (χ3v) is 4.75. The number of fused-ring (bicyclic) bond motifs is 1. The molecule has 26 heavy (non-hydrogen) atoms. The SMILES string of the molecule is O=C(COC(=O)c1n[nH]c2ccccc12)NCCCSc1ccccc1. The number of aromatic amines is 1. The van der Waals surface area contributed by atoms with Gasteiger partial charge in [-0.15, -0.1) is 11.8 Å². The highest BCUT2D eigenvalue weighted by Gasteiger charge is 2.16. The zero-order valence-electron chi connectivity index (χ0n) is 14.1. The molecule has 0 saturated carbocycles. The first kappa shape index (κ1) is 18.0. The largest absolute Gasteiger partial charge is 0.451 e. The average molecular weight is 369 g/mol. The summed E-state index contributed by atoms with van der Waals surface area (Å²) in [5.41, 5.74) is 0.937. The first-order chi connectivity index (χ1) is 12.7. The fraction of sp³-hybridized carbons (Fsp3) is 0.211. The normalized spacial score (nSPS) is 10.6. The van der Waals surface area contributed by atoms with E-state index in [0.29, 0.717) is 11.9 Å². The number of nitrogens with zero attached hydrogens (tertiary/aromatic N) is 1. The van der Waals surface area contributed by atoms with E-state index in [-0.39, 0.29) is 18.2 Å². The lowest BCUT2D eigenvalue weighted by Gasteiger charge is -2.06. The minimum absolute atomic E-state index is 0.188. The number of nitrogens with one attached hydrogen (secondary N) is 2. The zero-order valence-corrected chi connectivity index (χ0v) is 14.9. The molecule has 3 aromatic rings. The number of para-hydroxylation sites is 1. The third-order valence-electron chi connectivity index (χ3n) is 3.65. The van der Waals surface area contributed by atoms with Crippen molar-refractivity contribution in [1.29, 1.82) is 0 Å². The van der Waals surface area contributed by atoms with Gasteiger partial charge in [-0.2, -0.15) is 5.10 Å². The van der Waals surface area contributed by atoms with Crippen LogP contribution in [0.3, 0.4) is 0 Å². The van der Waals surface area contributed by atoms with Crippen molar-refractivity contribution in [3.63, 3.8) is 0 Å². The van der Waals surface area contributed by atoms with Crippen molar-refractivity contribution >= 4 is 34.5 Å². The van der Waals surface area contributed by atoms with Gasteiger partial charge in [0.1, 0.15) is 0 Å². The number of amides is 1. The lowest BCUT2D eigenvalue weighted by Crippen LogP contribution is -2.29. The number of ether oxygens (including phenoxy) is 1. The van der Waals surface area contributed by atoms with Gasteiger partial charge < -0.3 is 10.1 Å². The number of rotatable bonds is 8. The Morgan fingerprint density at radius 1 is 1.08 bits per heavy atom. The van der Waals surface area contributed by atoms with Crippen LogP contribution in [0.2, 0.25) is 0 Å². The predicted octanol–water partition coefficient (Wildman–Crippen LogP) is 3.02. The molecule has 0 spiro atoms. The van der Waals surface area contributed by atoms with Crippen LogP contribution >= 0.6 is 11.8 Å². The van der Waals surface area contributed by atoms with Gasteiger partial charge >= 0.3 is 5.97 Å². The van der Waals surface area contributed by atoms with E-state index in [1.807, 2.05) is 36.4 Å². The molecule has 2 aromatic carbocycles. The molecule has 0 saturated heterocycles. The first-order valence-corrected chi connectivity index (χ1v) is 9.27. The molecule has 2 N–H and O–H groups in total. The standard InChI is InChI=1S/C19H19N3O3S/c23-17(20-11-6-12-26-14-7-2-1-3-8-14)13-25-19(24)18-15-9-4-5-10-16(15)21-22-18/h1-5,7-10H,6,11-13H2,(H,20,23)(H,21,22). The number of carbonyl (C=O) groups excluding carboxylic acids is 2. The van der Waals surface area contributed by atoms with Gasteiger partial charge in [-0.1, -0.05) is 36.4 Å². The molecule has 0 atom stereocenters. The summed E-state index contributed by atoms with van der Waals surface area (Å²) in [5.74, 6) is -0.0243. The maximum atomic E-state index is 12.1. The van der Waals surface area contributed by atoms with Crippen LogP contribution in [0, 0.1) is 0 Å². The molecule has 0 aliphatic heterocycles. The molecule has 7 heteroatoms. The lowest BCUT2D eigenvalue weighted by molar-refractivity contribution is -0.124. The molecule has 0 aliphatic carbocycles. The quantitative estimate of drug-likeness (QED) is 0.362. The van der Waals surface area contributed by atoms with Crippen LogP contribution in [0.15, 0.2) is 59.5 Å². The molecule has 0 radical (unpaired) electrons. The molecule has 1 aromatic heterocycles. The summed E-state index contributed by atoms with van der Waals surface area (Å²) in [6.07, 6.45) is 0.837. The molecule has 0 unspecified atom stereocenters. The van der Waals surface area contributed by atoms with Crippen LogP contribution in [-0.2, 0) is 9.53 Å². The Labute approximate surface area is 155 Å². The molecule has 134 valence electrons. The van der Waals surface area contributed by atoms with Gasteiger partial charge in [0.2, 0.25) is 0 Å². The van der Waals surface area contributed by atoms with Gasteiger partial charge in [0.15, 0.2) is 12.3 Å². The van der Waals surface area contributed by atoms with E-state index in [9.17, 15) is 9.59 Å². The van der Waals surface area contributed by atoms with Crippen LogP contribution in [0.5, 0.6) is 0 Å². The first-order valence-electron chi connectivity index (χ1n) is 8.29. The van der Waals surface area contributed by atoms with E-state index in [2.05, 4.69) is 27.6 Å². The smallest absolute Gasteiger partial charge is 0.359 e. The number of H-pyrrole nitrogens is 1. The van der Waals surface area contributed by atoms with Crippen LogP contribution < -0.4 is 5.32 Å². The fourth-order valence-corrected chi connectivity index (χ4v) is 3.25. The zero-order chi connectivity index (χ0) is 18.2. The Morgan fingerprint density at radius 2 is 1.85 bits per heavy atom. The second-order valence-electron chi connectivity index (χ2n) is 5.56. The summed E-state index contributed by atoms with van der Waals surface area (Å²) >= 11 is 1.74. The Morgan fingerprint density at radius 3 is 2.69 bits per heavy atom. The van der Waals surface area contributed by atoms with Crippen LogP contribution in [0.1, 0.15) is 16.9 Å². The summed E-state index contributed by atoms with van der Waals surface area (Å²) in [6, 6.07) is 17.4. The maximum Gasteiger partial charge on any atom is 0.359 e. The van der Waals surface area contributed by atoms with Crippen LogP contribution in [0.4, 0.5) is 0 Å². The number of benzene rings is 2. The molecule has 1 heterocycles. The van der Waals surface area contributed by atoms with E-state index in [0.717, 1.165) is 17.7 Å². The molecule has 3 rings (SSSR count). The molecule has 1 amide bonds. The molecule has 0 fully saturated rings. The minimum Gasteiger partial charge on any atom is -0.451 e. The Hall–Kier alpha value is -2.80. The lowest BCUT2D eigenvalue weighted by atomic mass is 10.2. The van der Waals surface area contributed by atoms with Gasteiger partial charge in [0, 0.05) is 16.8 Å². The number of hydrogen-bond donors (Lipinski definition) is 2. The van der Waals surface area contributed by atoms with E-state index < -0.39 is 5.97 Å². The van der Waals surface area contributed by atoms with E-state index in [4.69, 9.17) is 4.74 Å². The van der Waals surface area contributed by atoms with Crippen molar-refractivity contribution in [3.05, 3.63) is 60.3 Å². The number of hydrogen-bond acceptors (Lipinski definition) is 5. The molecule has 0 aliphatic rings. The summed E-state index contributed by atoms with van der Waals surface area (Å²) in [5, 5.41) is 10.1. The Bertz CT molecular complexity index is 880. The summed E-state index contributed by atoms with van der Waals surface area (Å²) < 4.78 is 5.04. The van der Waals surface area contributed by atoms with Crippen molar-refractivity contribution < 1.29 is 14.3 Å². The monoisotopic (exact) mass is 369 g/mol. The number of carbonyl (C=O) groups is 2. The van der Waals surface area contributed by atoms with Gasteiger partial charge in [0.25, 0.3) is 5.91 Å². The van der Waals surface area contributed by atoms with Crippen molar-refractivity contribution in [1.82, 2.24) is 15.5 Å². The topological polar surface area (TPSA) is 84.1 Å².